The van der Waals surface area contributed by atoms with E-state index in [-0.39, 0.29) is 5.91 Å². The summed E-state index contributed by atoms with van der Waals surface area (Å²) in [4.78, 5) is 19.2. The highest BCUT2D eigenvalue weighted by Crippen LogP contribution is 2.29. The molecule has 6 nitrogen and oxygen atoms in total. The van der Waals surface area contributed by atoms with E-state index in [9.17, 15) is 4.79 Å². The van der Waals surface area contributed by atoms with Crippen LogP contribution in [0.3, 0.4) is 0 Å². The Bertz CT molecular complexity index is 771. The summed E-state index contributed by atoms with van der Waals surface area (Å²) in [6, 6.07) is 9.07. The number of benzene rings is 1. The van der Waals surface area contributed by atoms with Crippen LogP contribution in [0, 0.1) is 5.92 Å². The number of aromatic nitrogens is 1. The summed E-state index contributed by atoms with van der Waals surface area (Å²) in [6.07, 6.45) is 4.04. The molecule has 1 fully saturated rings. The van der Waals surface area contributed by atoms with E-state index in [1.165, 1.54) is 12.8 Å². The largest absolute Gasteiger partial charge is 0.497 e. The molecule has 1 aliphatic heterocycles. The SMILES string of the molecule is COc1ccc(NC(=O)c2cc(N3CCC(C)CC3)ccn2)c(OC)c1. The standard InChI is InChI=1S/C20H25N3O3/c1-14-7-10-23(11-8-14)15-6-9-21-18(12-15)20(24)22-17-5-4-16(25-2)13-19(17)26-3/h4-6,9,12-14H,7-8,10-11H2,1-3H3,(H,22,24). The monoisotopic (exact) mass is 355 g/mol. The summed E-state index contributed by atoms with van der Waals surface area (Å²) in [5.41, 5.74) is 2.01. The highest BCUT2D eigenvalue weighted by molar-refractivity contribution is 6.04. The molecule has 2 heterocycles. The fourth-order valence-electron chi connectivity index (χ4n) is 3.10. The second-order valence-corrected chi connectivity index (χ2v) is 6.59. The molecule has 1 aromatic heterocycles. The number of nitrogens with one attached hydrogen (secondary N) is 1. The van der Waals surface area contributed by atoms with Crippen molar-refractivity contribution in [1.29, 1.82) is 0 Å². The number of ether oxygens (including phenoxy) is 2. The molecule has 3 rings (SSSR count). The quantitative estimate of drug-likeness (QED) is 0.888. The minimum Gasteiger partial charge on any atom is -0.497 e. The number of methoxy groups -OCH3 is 2. The number of hydrogen-bond acceptors (Lipinski definition) is 5. The fourth-order valence-corrected chi connectivity index (χ4v) is 3.10. The average Bonchev–Trinajstić information content (AvgIpc) is 2.69. The van der Waals surface area contributed by atoms with Crippen LogP contribution in [0.1, 0.15) is 30.3 Å². The first-order chi connectivity index (χ1) is 12.6. The first-order valence-corrected chi connectivity index (χ1v) is 8.85. The van der Waals surface area contributed by atoms with Crippen molar-refractivity contribution in [3.8, 4) is 11.5 Å². The Balaban J connectivity index is 1.75. The summed E-state index contributed by atoms with van der Waals surface area (Å²) < 4.78 is 10.5. The molecule has 138 valence electrons. The lowest BCUT2D eigenvalue weighted by Crippen LogP contribution is -2.33. The maximum absolute atomic E-state index is 12.6. The van der Waals surface area contributed by atoms with E-state index in [0.29, 0.717) is 22.9 Å². The number of carbonyl (C=O) groups excluding carboxylic acids is 1. The van der Waals surface area contributed by atoms with Gasteiger partial charge in [0.05, 0.1) is 19.9 Å². The topological polar surface area (TPSA) is 63.7 Å². The molecule has 0 radical (unpaired) electrons. The third-order valence-electron chi connectivity index (χ3n) is 4.78. The molecule has 2 aromatic rings. The maximum atomic E-state index is 12.6. The van der Waals surface area contributed by atoms with Crippen molar-refractivity contribution in [2.45, 2.75) is 19.8 Å². The lowest BCUT2D eigenvalue weighted by atomic mass is 9.99. The molecule has 0 unspecified atom stereocenters. The van der Waals surface area contributed by atoms with Crippen molar-refractivity contribution >= 4 is 17.3 Å². The third kappa shape index (κ3) is 4.07. The van der Waals surface area contributed by atoms with Crippen LogP contribution in [-0.4, -0.2) is 38.2 Å². The van der Waals surface area contributed by atoms with Gasteiger partial charge in [0.2, 0.25) is 0 Å². The molecule has 1 aliphatic rings. The average molecular weight is 355 g/mol. The van der Waals surface area contributed by atoms with Gasteiger partial charge in [-0.05, 0) is 43.0 Å². The molecular formula is C20H25N3O3. The Kier molecular flexibility index (Phi) is 5.61. The predicted octanol–water partition coefficient (Wildman–Crippen LogP) is 3.59. The predicted molar refractivity (Wildman–Crippen MR) is 102 cm³/mol. The van der Waals surface area contributed by atoms with Gasteiger partial charge < -0.3 is 19.7 Å². The molecule has 1 N–H and O–H groups in total. The van der Waals surface area contributed by atoms with E-state index < -0.39 is 0 Å². The second kappa shape index (κ2) is 8.08. The number of piperidine rings is 1. The first-order valence-electron chi connectivity index (χ1n) is 8.85. The number of pyridine rings is 1. The van der Waals surface area contributed by atoms with Crippen molar-refractivity contribution in [2.24, 2.45) is 5.92 Å². The van der Waals surface area contributed by atoms with Crippen LogP contribution < -0.4 is 19.7 Å². The minimum absolute atomic E-state index is 0.263. The summed E-state index contributed by atoms with van der Waals surface area (Å²) in [6.45, 7) is 4.31. The smallest absolute Gasteiger partial charge is 0.274 e. The Morgan fingerprint density at radius 3 is 2.62 bits per heavy atom. The van der Waals surface area contributed by atoms with Gasteiger partial charge >= 0.3 is 0 Å². The zero-order valence-corrected chi connectivity index (χ0v) is 15.5. The van der Waals surface area contributed by atoms with Gasteiger partial charge in [-0.25, -0.2) is 0 Å². The molecular weight excluding hydrogens is 330 g/mol. The molecule has 0 atom stereocenters. The Morgan fingerprint density at radius 1 is 1.15 bits per heavy atom. The van der Waals surface area contributed by atoms with E-state index in [4.69, 9.17) is 9.47 Å². The van der Waals surface area contributed by atoms with Crippen LogP contribution in [-0.2, 0) is 0 Å². The van der Waals surface area contributed by atoms with E-state index in [0.717, 1.165) is 24.7 Å². The number of amides is 1. The van der Waals surface area contributed by atoms with Crippen LogP contribution in [0.25, 0.3) is 0 Å². The molecule has 6 heteroatoms. The molecule has 1 aromatic carbocycles. The van der Waals surface area contributed by atoms with Gasteiger partial charge in [0.15, 0.2) is 0 Å². The van der Waals surface area contributed by atoms with E-state index in [1.54, 1.807) is 38.6 Å². The summed E-state index contributed by atoms with van der Waals surface area (Å²) >= 11 is 0. The Labute approximate surface area is 154 Å². The van der Waals surface area contributed by atoms with Gasteiger partial charge in [0.1, 0.15) is 17.2 Å². The van der Waals surface area contributed by atoms with Crippen molar-refractivity contribution in [1.82, 2.24) is 4.98 Å². The molecule has 0 aliphatic carbocycles. The second-order valence-electron chi connectivity index (χ2n) is 6.59. The molecule has 0 spiro atoms. The first kappa shape index (κ1) is 18.0. The fraction of sp³-hybridized carbons (Fsp3) is 0.400. The van der Waals surface area contributed by atoms with Crippen molar-refractivity contribution in [3.05, 3.63) is 42.2 Å². The number of rotatable bonds is 5. The van der Waals surface area contributed by atoms with Gasteiger partial charge in [-0.2, -0.15) is 0 Å². The van der Waals surface area contributed by atoms with E-state index >= 15 is 0 Å². The Hall–Kier alpha value is -2.76. The summed E-state index contributed by atoms with van der Waals surface area (Å²) in [5, 5.41) is 2.87. The number of nitrogens with zero attached hydrogens (tertiary/aromatic N) is 2. The number of hydrogen-bond donors (Lipinski definition) is 1. The zero-order chi connectivity index (χ0) is 18.5. The molecule has 1 saturated heterocycles. The van der Waals surface area contributed by atoms with Gasteiger partial charge in [0.25, 0.3) is 5.91 Å². The van der Waals surface area contributed by atoms with Crippen molar-refractivity contribution in [3.63, 3.8) is 0 Å². The molecule has 0 saturated carbocycles. The van der Waals surface area contributed by atoms with Crippen molar-refractivity contribution < 1.29 is 14.3 Å². The van der Waals surface area contributed by atoms with Crippen LogP contribution in [0.15, 0.2) is 36.5 Å². The third-order valence-corrected chi connectivity index (χ3v) is 4.78. The molecule has 1 amide bonds. The van der Waals surface area contributed by atoms with Crippen LogP contribution in [0.5, 0.6) is 11.5 Å². The maximum Gasteiger partial charge on any atom is 0.274 e. The lowest BCUT2D eigenvalue weighted by Gasteiger charge is -2.32. The van der Waals surface area contributed by atoms with Gasteiger partial charge in [0, 0.05) is 31.0 Å². The molecule has 26 heavy (non-hydrogen) atoms. The normalized spacial score (nSPS) is 14.8. The van der Waals surface area contributed by atoms with Gasteiger partial charge in [-0.15, -0.1) is 0 Å². The minimum atomic E-state index is -0.263. The van der Waals surface area contributed by atoms with E-state index in [2.05, 4.69) is 22.1 Å². The molecule has 0 bridgehead atoms. The highest BCUT2D eigenvalue weighted by Gasteiger charge is 2.18. The summed E-state index contributed by atoms with van der Waals surface area (Å²) in [5.74, 6) is 1.71. The summed E-state index contributed by atoms with van der Waals surface area (Å²) in [7, 11) is 3.14. The van der Waals surface area contributed by atoms with Crippen LogP contribution in [0.2, 0.25) is 0 Å². The Morgan fingerprint density at radius 2 is 1.92 bits per heavy atom. The lowest BCUT2D eigenvalue weighted by molar-refractivity contribution is 0.102. The number of carbonyl (C=O) groups is 1. The van der Waals surface area contributed by atoms with Gasteiger partial charge in [-0.1, -0.05) is 6.92 Å². The van der Waals surface area contributed by atoms with Crippen LogP contribution in [0.4, 0.5) is 11.4 Å². The number of anilines is 2. The van der Waals surface area contributed by atoms with Crippen LogP contribution >= 0.6 is 0 Å². The van der Waals surface area contributed by atoms with Gasteiger partial charge in [-0.3, -0.25) is 9.78 Å². The van der Waals surface area contributed by atoms with E-state index in [1.807, 2.05) is 12.1 Å². The van der Waals surface area contributed by atoms with Crippen molar-refractivity contribution in [2.75, 3.05) is 37.5 Å². The zero-order valence-electron chi connectivity index (χ0n) is 15.5. The highest BCUT2D eigenvalue weighted by atomic mass is 16.5.